The van der Waals surface area contributed by atoms with Gasteiger partial charge in [-0.1, -0.05) is 0 Å². The zero-order valence-electron chi connectivity index (χ0n) is 9.99. The summed E-state index contributed by atoms with van der Waals surface area (Å²) in [5, 5.41) is 21.6. The van der Waals surface area contributed by atoms with E-state index < -0.39 is 5.97 Å². The third-order valence-electron chi connectivity index (χ3n) is 2.46. The molecule has 18 heavy (non-hydrogen) atoms. The lowest BCUT2D eigenvalue weighted by atomic mass is 10.3. The van der Waals surface area contributed by atoms with Crippen molar-refractivity contribution in [3.8, 4) is 0 Å². The van der Waals surface area contributed by atoms with Gasteiger partial charge in [-0.05, 0) is 6.92 Å². The lowest BCUT2D eigenvalue weighted by Gasteiger charge is -2.11. The van der Waals surface area contributed by atoms with Gasteiger partial charge < -0.3 is 15.0 Å². The molecule has 2 aromatic heterocycles. The first kappa shape index (κ1) is 12.7. The highest BCUT2D eigenvalue weighted by atomic mass is 32.1. The molecule has 0 aliphatic carbocycles. The second-order valence-corrected chi connectivity index (χ2v) is 4.71. The number of hydrogen-bond donors (Lipinski definition) is 2. The number of carboxylic acid groups (broad SMARTS) is 1. The summed E-state index contributed by atoms with van der Waals surface area (Å²) in [6.07, 6.45) is 1.64. The zero-order valence-corrected chi connectivity index (χ0v) is 10.8. The van der Waals surface area contributed by atoms with Crippen molar-refractivity contribution in [1.29, 1.82) is 0 Å². The van der Waals surface area contributed by atoms with Gasteiger partial charge in [0.1, 0.15) is 12.2 Å². The van der Waals surface area contributed by atoms with Crippen molar-refractivity contribution in [3.63, 3.8) is 0 Å². The molecule has 0 saturated carbocycles. The lowest BCUT2D eigenvalue weighted by molar-refractivity contribution is 0.0696. The Morgan fingerprint density at radius 1 is 1.67 bits per heavy atom. The summed E-state index contributed by atoms with van der Waals surface area (Å²) in [5.41, 5.74) is 0.714. The monoisotopic (exact) mass is 267 g/mol. The summed E-state index contributed by atoms with van der Waals surface area (Å²) < 4.78 is 1.83. The number of thiazole rings is 1. The first-order chi connectivity index (χ1) is 8.58. The molecule has 0 radical (unpaired) electrons. The van der Waals surface area contributed by atoms with Gasteiger partial charge in [0.25, 0.3) is 0 Å². The van der Waals surface area contributed by atoms with E-state index in [0.717, 1.165) is 17.2 Å². The predicted molar refractivity (Wildman–Crippen MR) is 65.3 cm³/mol. The Balaban J connectivity index is 1.95. The number of carboxylic acids is 1. The van der Waals surface area contributed by atoms with E-state index in [2.05, 4.69) is 20.5 Å². The molecule has 96 valence electrons. The molecule has 0 saturated heterocycles. The molecule has 1 atom stereocenters. The van der Waals surface area contributed by atoms with Crippen LogP contribution in [-0.2, 0) is 13.6 Å². The maximum absolute atomic E-state index is 10.7. The quantitative estimate of drug-likeness (QED) is 0.833. The zero-order chi connectivity index (χ0) is 13.1. The molecular formula is C10H13N5O2S. The number of nitrogens with zero attached hydrogens (tertiary/aromatic N) is 4. The molecule has 8 heteroatoms. The Kier molecular flexibility index (Phi) is 3.68. The van der Waals surface area contributed by atoms with Gasteiger partial charge >= 0.3 is 5.97 Å². The van der Waals surface area contributed by atoms with Crippen molar-refractivity contribution < 1.29 is 9.90 Å². The molecule has 0 aliphatic heterocycles. The van der Waals surface area contributed by atoms with Gasteiger partial charge in [0.2, 0.25) is 5.01 Å². The summed E-state index contributed by atoms with van der Waals surface area (Å²) in [7, 11) is 1.87. The van der Waals surface area contributed by atoms with E-state index in [1.54, 1.807) is 11.7 Å². The number of aryl methyl sites for hydroxylation is 1. The van der Waals surface area contributed by atoms with Gasteiger partial charge in [-0.15, -0.1) is 21.5 Å². The van der Waals surface area contributed by atoms with Crippen molar-refractivity contribution in [2.45, 2.75) is 19.5 Å². The Labute approximate surface area is 108 Å². The van der Waals surface area contributed by atoms with Gasteiger partial charge in [-0.25, -0.2) is 9.78 Å². The summed E-state index contributed by atoms with van der Waals surface area (Å²) in [4.78, 5) is 14.7. The number of hydrogen-bond acceptors (Lipinski definition) is 6. The van der Waals surface area contributed by atoms with Gasteiger partial charge in [-0.3, -0.25) is 0 Å². The molecule has 0 aromatic carbocycles. The minimum atomic E-state index is -0.993. The third kappa shape index (κ3) is 2.71. The minimum Gasteiger partial charge on any atom is -0.476 e. The first-order valence-corrected chi connectivity index (χ1v) is 6.21. The molecule has 2 N–H and O–H groups in total. The second-order valence-electron chi connectivity index (χ2n) is 3.85. The molecule has 0 bridgehead atoms. The van der Waals surface area contributed by atoms with Crippen molar-refractivity contribution in [3.05, 3.63) is 28.2 Å². The van der Waals surface area contributed by atoms with Crippen LogP contribution in [0.15, 0.2) is 11.7 Å². The molecule has 1 unspecified atom stereocenters. The lowest BCUT2D eigenvalue weighted by Crippen LogP contribution is -2.21. The molecule has 0 fully saturated rings. The Hall–Kier alpha value is -1.80. The summed E-state index contributed by atoms with van der Waals surface area (Å²) >= 11 is 1.13. The summed E-state index contributed by atoms with van der Waals surface area (Å²) in [6.45, 7) is 2.46. The fraction of sp³-hybridized carbons (Fsp3) is 0.400. The predicted octanol–water partition coefficient (Wildman–Crippen LogP) is 0.821. The highest BCUT2D eigenvalue weighted by Crippen LogP contribution is 2.12. The fourth-order valence-electron chi connectivity index (χ4n) is 1.52. The number of aromatic carboxylic acids is 1. The fourth-order valence-corrected chi connectivity index (χ4v) is 2.17. The van der Waals surface area contributed by atoms with Crippen molar-refractivity contribution in [2.24, 2.45) is 7.05 Å². The van der Waals surface area contributed by atoms with Crippen molar-refractivity contribution in [2.75, 3.05) is 0 Å². The number of nitrogens with one attached hydrogen (secondary N) is 1. The molecule has 0 spiro atoms. The van der Waals surface area contributed by atoms with E-state index in [-0.39, 0.29) is 11.0 Å². The largest absolute Gasteiger partial charge is 0.476 e. The van der Waals surface area contributed by atoms with Crippen LogP contribution in [0.1, 0.15) is 34.3 Å². The van der Waals surface area contributed by atoms with Crippen LogP contribution < -0.4 is 5.32 Å². The van der Waals surface area contributed by atoms with Crippen LogP contribution in [0, 0.1) is 0 Å². The molecule has 2 heterocycles. The van der Waals surface area contributed by atoms with Crippen molar-refractivity contribution in [1.82, 2.24) is 25.1 Å². The maximum atomic E-state index is 10.7. The maximum Gasteiger partial charge on any atom is 0.365 e. The molecule has 2 aromatic rings. The van der Waals surface area contributed by atoms with Gasteiger partial charge in [0.05, 0.1) is 11.7 Å². The van der Waals surface area contributed by atoms with E-state index in [4.69, 9.17) is 5.11 Å². The highest BCUT2D eigenvalue weighted by Gasteiger charge is 2.13. The van der Waals surface area contributed by atoms with Crippen molar-refractivity contribution >= 4 is 17.3 Å². The van der Waals surface area contributed by atoms with Crippen LogP contribution in [-0.4, -0.2) is 30.8 Å². The smallest absolute Gasteiger partial charge is 0.365 e. The normalized spacial score (nSPS) is 12.6. The topological polar surface area (TPSA) is 92.9 Å². The van der Waals surface area contributed by atoms with Crippen LogP contribution in [0.3, 0.4) is 0 Å². The van der Waals surface area contributed by atoms with Crippen LogP contribution in [0.2, 0.25) is 0 Å². The third-order valence-corrected chi connectivity index (χ3v) is 3.34. The number of rotatable bonds is 5. The van der Waals surface area contributed by atoms with E-state index in [1.807, 2.05) is 18.5 Å². The molecule has 7 nitrogen and oxygen atoms in total. The Bertz CT molecular complexity index is 550. The van der Waals surface area contributed by atoms with E-state index in [9.17, 15) is 4.79 Å². The van der Waals surface area contributed by atoms with Crippen LogP contribution in [0.4, 0.5) is 0 Å². The molecule has 2 rings (SSSR count). The van der Waals surface area contributed by atoms with Gasteiger partial charge in [-0.2, -0.15) is 0 Å². The minimum absolute atomic E-state index is 0.0208. The first-order valence-electron chi connectivity index (χ1n) is 5.33. The van der Waals surface area contributed by atoms with E-state index in [1.165, 1.54) is 0 Å². The van der Waals surface area contributed by atoms with Gasteiger partial charge in [0.15, 0.2) is 0 Å². The van der Waals surface area contributed by atoms with Crippen LogP contribution >= 0.6 is 11.3 Å². The highest BCUT2D eigenvalue weighted by molar-refractivity contribution is 7.11. The number of carbonyl (C=O) groups is 1. The SMILES string of the molecule is CC(NCc1csc(C(=O)O)n1)c1nncn1C. The molecular weight excluding hydrogens is 254 g/mol. The average Bonchev–Trinajstić information content (AvgIpc) is 2.94. The van der Waals surface area contributed by atoms with E-state index >= 15 is 0 Å². The number of aromatic nitrogens is 4. The van der Waals surface area contributed by atoms with Gasteiger partial charge in [0, 0.05) is 19.0 Å². The second kappa shape index (κ2) is 5.23. The summed E-state index contributed by atoms with van der Waals surface area (Å²) in [5.74, 6) is -0.170. The van der Waals surface area contributed by atoms with E-state index in [0.29, 0.717) is 12.2 Å². The Morgan fingerprint density at radius 2 is 2.44 bits per heavy atom. The van der Waals surface area contributed by atoms with Crippen LogP contribution in [0.5, 0.6) is 0 Å². The molecule has 0 amide bonds. The van der Waals surface area contributed by atoms with Crippen LogP contribution in [0.25, 0.3) is 0 Å². The standard InChI is InChI=1S/C10H13N5O2S/c1-6(8-14-12-5-15(8)2)11-3-7-4-18-9(13-7)10(16)17/h4-6,11H,3H2,1-2H3,(H,16,17). The molecule has 0 aliphatic rings. The Morgan fingerprint density at radius 3 is 3.00 bits per heavy atom. The summed E-state index contributed by atoms with van der Waals surface area (Å²) in [6, 6.07) is 0.0208. The average molecular weight is 267 g/mol.